The van der Waals surface area contributed by atoms with Gasteiger partial charge in [-0.3, -0.25) is 14.6 Å². The van der Waals surface area contributed by atoms with Crippen LogP contribution in [0, 0.1) is 6.92 Å². The largest absolute Gasteiger partial charge is 0.344 e. The summed E-state index contributed by atoms with van der Waals surface area (Å²) in [6, 6.07) is 10.3. The fourth-order valence-electron chi connectivity index (χ4n) is 3.70. The Morgan fingerprint density at radius 2 is 1.97 bits per heavy atom. The first kappa shape index (κ1) is 23.2. The smallest absolute Gasteiger partial charge is 0.319 e. The van der Waals surface area contributed by atoms with Crippen molar-refractivity contribution in [3.63, 3.8) is 0 Å². The number of aryl methyl sites for hydroxylation is 1. The maximum atomic E-state index is 13.0. The van der Waals surface area contributed by atoms with Crippen LogP contribution >= 0.6 is 0 Å². The van der Waals surface area contributed by atoms with Gasteiger partial charge in [0.05, 0.1) is 6.54 Å². The Hall–Kier alpha value is -3.42. The molecule has 3 rings (SSSR count). The number of urea groups is 1. The van der Waals surface area contributed by atoms with E-state index in [1.54, 1.807) is 35.3 Å². The molecule has 1 saturated heterocycles. The number of amides is 4. The lowest BCUT2D eigenvalue weighted by atomic mass is 10.1. The van der Waals surface area contributed by atoms with E-state index in [0.29, 0.717) is 25.2 Å². The summed E-state index contributed by atoms with van der Waals surface area (Å²) in [7, 11) is 1.75. The summed E-state index contributed by atoms with van der Waals surface area (Å²) in [5.74, 6) is -0.324. The maximum absolute atomic E-state index is 13.0. The minimum absolute atomic E-state index is 0.0172. The monoisotopic (exact) mass is 437 g/mol. The van der Waals surface area contributed by atoms with Crippen LogP contribution in [0.2, 0.25) is 0 Å². The summed E-state index contributed by atoms with van der Waals surface area (Å²) < 4.78 is 0. The van der Waals surface area contributed by atoms with Crippen molar-refractivity contribution in [1.29, 1.82) is 0 Å². The molecule has 0 aliphatic carbocycles. The minimum Gasteiger partial charge on any atom is -0.344 e. The first-order valence-electron chi connectivity index (χ1n) is 11.0. The molecule has 2 N–H and O–H groups in total. The molecule has 0 bridgehead atoms. The highest BCUT2D eigenvalue weighted by Gasteiger charge is 2.30. The molecule has 1 aromatic carbocycles. The number of aromatic nitrogens is 1. The molecule has 1 aromatic heterocycles. The van der Waals surface area contributed by atoms with Crippen molar-refractivity contribution in [2.45, 2.75) is 38.6 Å². The van der Waals surface area contributed by atoms with Gasteiger partial charge in [-0.15, -0.1) is 0 Å². The van der Waals surface area contributed by atoms with Crippen LogP contribution in [-0.4, -0.2) is 65.4 Å². The maximum Gasteiger partial charge on any atom is 0.319 e. The molecule has 0 spiro atoms. The first-order valence-corrected chi connectivity index (χ1v) is 11.0. The standard InChI is InChI=1S/C24H31N5O3/c1-18-6-5-7-20(16-18)26-24(32)27-21-8-3-4-14-29(23(21)31)17-22(30)28(2)15-11-19-9-12-25-13-10-19/h5-7,9-10,12-13,16,21H,3-4,8,11,14-15,17H2,1-2H3,(H2,26,27,32)/t21-/m0/s1. The van der Waals surface area contributed by atoms with Crippen molar-refractivity contribution in [3.8, 4) is 0 Å². The number of pyridine rings is 1. The van der Waals surface area contributed by atoms with E-state index in [-0.39, 0.29) is 18.4 Å². The SMILES string of the molecule is Cc1cccc(NC(=O)N[C@H]2CCCCN(CC(=O)N(C)CCc3ccncc3)C2=O)c1. The molecule has 2 heterocycles. The highest BCUT2D eigenvalue weighted by atomic mass is 16.2. The van der Waals surface area contributed by atoms with Crippen LogP contribution in [0.3, 0.4) is 0 Å². The second kappa shape index (κ2) is 11.3. The second-order valence-electron chi connectivity index (χ2n) is 8.20. The van der Waals surface area contributed by atoms with Crippen LogP contribution in [0.5, 0.6) is 0 Å². The number of rotatable bonds is 7. The second-order valence-corrected chi connectivity index (χ2v) is 8.20. The highest BCUT2D eigenvalue weighted by molar-refractivity contribution is 5.94. The molecule has 1 aliphatic heterocycles. The zero-order valence-electron chi connectivity index (χ0n) is 18.7. The molecule has 8 nitrogen and oxygen atoms in total. The van der Waals surface area contributed by atoms with Crippen LogP contribution in [0.25, 0.3) is 0 Å². The minimum atomic E-state index is -0.641. The van der Waals surface area contributed by atoms with Crippen molar-refractivity contribution in [2.75, 3.05) is 32.0 Å². The van der Waals surface area contributed by atoms with E-state index < -0.39 is 12.1 Å². The van der Waals surface area contributed by atoms with Crippen LogP contribution in [0.1, 0.15) is 30.4 Å². The Kier molecular flexibility index (Phi) is 8.19. The number of benzene rings is 1. The topological polar surface area (TPSA) is 94.6 Å². The van der Waals surface area contributed by atoms with Gasteiger partial charge in [0.1, 0.15) is 6.04 Å². The van der Waals surface area contributed by atoms with Gasteiger partial charge in [-0.1, -0.05) is 12.1 Å². The summed E-state index contributed by atoms with van der Waals surface area (Å²) in [4.78, 5) is 45.4. The number of hydrogen-bond acceptors (Lipinski definition) is 4. The Balaban J connectivity index is 1.53. The number of hydrogen-bond donors (Lipinski definition) is 2. The lowest BCUT2D eigenvalue weighted by molar-refractivity contribution is -0.140. The number of carbonyl (C=O) groups is 3. The number of likely N-dealkylation sites (N-methyl/N-ethyl adjacent to an activating group) is 1. The zero-order chi connectivity index (χ0) is 22.9. The van der Waals surface area contributed by atoms with Gasteiger partial charge in [0.15, 0.2) is 0 Å². The van der Waals surface area contributed by atoms with Crippen LogP contribution in [-0.2, 0) is 16.0 Å². The Morgan fingerprint density at radius 1 is 1.19 bits per heavy atom. The van der Waals surface area contributed by atoms with Gasteiger partial charge >= 0.3 is 6.03 Å². The lowest BCUT2D eigenvalue weighted by Gasteiger charge is -2.27. The molecule has 8 heteroatoms. The first-order chi connectivity index (χ1) is 15.4. The predicted octanol–water partition coefficient (Wildman–Crippen LogP) is 2.59. The normalized spacial score (nSPS) is 16.2. The molecule has 1 atom stereocenters. The molecule has 170 valence electrons. The third-order valence-electron chi connectivity index (χ3n) is 5.60. The van der Waals surface area contributed by atoms with Crippen LogP contribution < -0.4 is 10.6 Å². The van der Waals surface area contributed by atoms with Gasteiger partial charge in [-0.2, -0.15) is 0 Å². The molecular formula is C24H31N5O3. The van der Waals surface area contributed by atoms with Gasteiger partial charge in [-0.25, -0.2) is 4.79 Å². The quantitative estimate of drug-likeness (QED) is 0.696. The number of nitrogens with one attached hydrogen (secondary N) is 2. The molecule has 1 fully saturated rings. The van der Waals surface area contributed by atoms with E-state index in [4.69, 9.17) is 0 Å². The Morgan fingerprint density at radius 3 is 2.72 bits per heavy atom. The Bertz CT molecular complexity index is 934. The highest BCUT2D eigenvalue weighted by Crippen LogP contribution is 2.14. The number of anilines is 1. The van der Waals surface area contributed by atoms with E-state index in [1.807, 2.05) is 37.3 Å². The van der Waals surface area contributed by atoms with E-state index in [9.17, 15) is 14.4 Å². The van der Waals surface area contributed by atoms with Crippen LogP contribution in [0.4, 0.5) is 10.5 Å². The van der Waals surface area contributed by atoms with E-state index >= 15 is 0 Å². The van der Waals surface area contributed by atoms with Gasteiger partial charge in [-0.05, 0) is 68.0 Å². The third kappa shape index (κ3) is 6.80. The molecule has 1 aliphatic rings. The van der Waals surface area contributed by atoms with Crippen molar-refractivity contribution in [3.05, 3.63) is 59.9 Å². The van der Waals surface area contributed by atoms with E-state index in [1.165, 1.54) is 0 Å². The molecule has 0 unspecified atom stereocenters. The fraction of sp³-hybridized carbons (Fsp3) is 0.417. The van der Waals surface area contributed by atoms with E-state index in [0.717, 1.165) is 30.4 Å². The summed E-state index contributed by atoms with van der Waals surface area (Å²) >= 11 is 0. The molecule has 0 radical (unpaired) electrons. The molecule has 2 aromatic rings. The third-order valence-corrected chi connectivity index (χ3v) is 5.60. The molecule has 0 saturated carbocycles. The fourth-order valence-corrected chi connectivity index (χ4v) is 3.70. The number of carbonyl (C=O) groups excluding carboxylic acids is 3. The van der Waals surface area contributed by atoms with Gasteiger partial charge in [0, 0.05) is 38.2 Å². The molecule has 4 amide bonds. The number of nitrogens with zero attached hydrogens (tertiary/aromatic N) is 3. The summed E-state index contributed by atoms with van der Waals surface area (Å²) in [6.45, 7) is 3.04. The number of likely N-dealkylation sites (tertiary alicyclic amines) is 1. The predicted molar refractivity (Wildman–Crippen MR) is 123 cm³/mol. The van der Waals surface area contributed by atoms with Gasteiger partial charge in [0.2, 0.25) is 11.8 Å². The lowest BCUT2D eigenvalue weighted by Crippen LogP contribution is -2.51. The Labute approximate surface area is 189 Å². The van der Waals surface area contributed by atoms with E-state index in [2.05, 4.69) is 15.6 Å². The summed E-state index contributed by atoms with van der Waals surface area (Å²) in [5, 5.41) is 5.56. The van der Waals surface area contributed by atoms with Crippen LogP contribution in [0.15, 0.2) is 48.8 Å². The zero-order valence-corrected chi connectivity index (χ0v) is 18.7. The van der Waals surface area contributed by atoms with Crippen molar-refractivity contribution in [1.82, 2.24) is 20.1 Å². The van der Waals surface area contributed by atoms with Crippen molar-refractivity contribution in [2.24, 2.45) is 0 Å². The molecule has 32 heavy (non-hydrogen) atoms. The average Bonchev–Trinajstić information content (AvgIpc) is 2.94. The molecular weight excluding hydrogens is 406 g/mol. The van der Waals surface area contributed by atoms with Gasteiger partial charge in [0.25, 0.3) is 0 Å². The van der Waals surface area contributed by atoms with Gasteiger partial charge < -0.3 is 20.4 Å². The summed E-state index contributed by atoms with van der Waals surface area (Å²) in [5.41, 5.74) is 2.81. The summed E-state index contributed by atoms with van der Waals surface area (Å²) in [6.07, 6.45) is 6.36. The van der Waals surface area contributed by atoms with Crippen molar-refractivity contribution < 1.29 is 14.4 Å². The average molecular weight is 438 g/mol. The van der Waals surface area contributed by atoms with Crippen molar-refractivity contribution >= 4 is 23.5 Å².